The summed E-state index contributed by atoms with van der Waals surface area (Å²) < 4.78 is 1.35. The number of para-hydroxylation sites is 2. The van der Waals surface area contributed by atoms with Gasteiger partial charge in [-0.2, -0.15) is 0 Å². The quantitative estimate of drug-likeness (QED) is 0.738. The van der Waals surface area contributed by atoms with Crippen LogP contribution in [0.1, 0.15) is 5.82 Å². The van der Waals surface area contributed by atoms with Gasteiger partial charge in [0.25, 0.3) is 0 Å². The van der Waals surface area contributed by atoms with Crippen LogP contribution in [0.2, 0.25) is 0 Å². The lowest BCUT2D eigenvalue weighted by Crippen LogP contribution is -2.29. The van der Waals surface area contributed by atoms with Crippen molar-refractivity contribution in [1.29, 1.82) is 0 Å². The van der Waals surface area contributed by atoms with Crippen molar-refractivity contribution in [2.24, 2.45) is 0 Å². The van der Waals surface area contributed by atoms with E-state index in [-0.39, 0.29) is 12.6 Å². The number of nitrogens with one attached hydrogen (secondary N) is 2. The van der Waals surface area contributed by atoms with Gasteiger partial charge >= 0.3 is 12.1 Å². The van der Waals surface area contributed by atoms with Gasteiger partial charge in [-0.1, -0.05) is 12.1 Å². The zero-order chi connectivity index (χ0) is 13.1. The molecule has 94 valence electrons. The molecule has 0 aliphatic rings. The minimum absolute atomic E-state index is 0.0303. The average Bonchev–Trinajstić information content (AvgIpc) is 2.73. The zero-order valence-electron chi connectivity index (χ0n) is 9.67. The summed E-state index contributed by atoms with van der Waals surface area (Å²) in [5.41, 5.74) is 1.28. The second kappa shape index (κ2) is 4.74. The van der Waals surface area contributed by atoms with Crippen molar-refractivity contribution in [2.75, 3.05) is 7.05 Å². The van der Waals surface area contributed by atoms with Crippen LogP contribution in [-0.2, 0) is 6.54 Å². The van der Waals surface area contributed by atoms with Crippen LogP contribution in [0.25, 0.3) is 11.0 Å². The molecule has 1 aromatic heterocycles. The fourth-order valence-electron chi connectivity index (χ4n) is 1.69. The van der Waals surface area contributed by atoms with Crippen molar-refractivity contribution < 1.29 is 14.7 Å². The monoisotopic (exact) mass is 248 g/mol. The number of imidazole rings is 1. The van der Waals surface area contributed by atoms with Gasteiger partial charge in [-0.3, -0.25) is 0 Å². The first-order valence-electron chi connectivity index (χ1n) is 5.28. The number of fused-ring (bicyclic) bond motifs is 1. The predicted octanol–water partition coefficient (Wildman–Crippen LogP) is 0.991. The fourth-order valence-corrected chi connectivity index (χ4v) is 1.69. The number of carbonyl (C=O) groups is 2. The highest BCUT2D eigenvalue weighted by Gasteiger charge is 2.15. The SMILES string of the molecule is CNC(=O)n1c(CNC(=O)O)nc2ccccc21. The van der Waals surface area contributed by atoms with Gasteiger partial charge in [0.15, 0.2) is 0 Å². The summed E-state index contributed by atoms with van der Waals surface area (Å²) in [6.07, 6.45) is -1.16. The van der Waals surface area contributed by atoms with E-state index in [1.165, 1.54) is 11.6 Å². The molecular formula is C11H12N4O3. The molecule has 7 heteroatoms. The Labute approximate surface area is 102 Å². The Morgan fingerprint density at radius 1 is 1.39 bits per heavy atom. The average molecular weight is 248 g/mol. The van der Waals surface area contributed by atoms with E-state index in [1.54, 1.807) is 24.3 Å². The minimum Gasteiger partial charge on any atom is -0.465 e. The number of hydrogen-bond acceptors (Lipinski definition) is 3. The first-order valence-corrected chi connectivity index (χ1v) is 5.28. The summed E-state index contributed by atoms with van der Waals surface area (Å²) in [4.78, 5) is 26.5. The molecule has 18 heavy (non-hydrogen) atoms. The number of rotatable bonds is 2. The molecular weight excluding hydrogens is 236 g/mol. The van der Waals surface area contributed by atoms with Crippen molar-refractivity contribution in [3.05, 3.63) is 30.1 Å². The smallest absolute Gasteiger partial charge is 0.405 e. The minimum atomic E-state index is -1.16. The third kappa shape index (κ3) is 2.10. The van der Waals surface area contributed by atoms with Crippen molar-refractivity contribution in [3.8, 4) is 0 Å². The largest absolute Gasteiger partial charge is 0.465 e. The third-order valence-electron chi connectivity index (χ3n) is 2.44. The van der Waals surface area contributed by atoms with Gasteiger partial charge in [-0.25, -0.2) is 19.1 Å². The van der Waals surface area contributed by atoms with E-state index >= 15 is 0 Å². The number of benzene rings is 1. The fraction of sp³-hybridized carbons (Fsp3) is 0.182. The van der Waals surface area contributed by atoms with Crippen LogP contribution in [0.5, 0.6) is 0 Å². The molecule has 0 radical (unpaired) electrons. The van der Waals surface area contributed by atoms with Gasteiger partial charge in [0, 0.05) is 7.05 Å². The highest BCUT2D eigenvalue weighted by molar-refractivity contribution is 5.90. The van der Waals surface area contributed by atoms with E-state index in [4.69, 9.17) is 5.11 Å². The van der Waals surface area contributed by atoms with Crippen molar-refractivity contribution in [1.82, 2.24) is 20.2 Å². The standard InChI is InChI=1S/C11H12N4O3/c1-12-10(16)15-8-5-3-2-4-7(8)14-9(15)6-13-11(17)18/h2-5,13H,6H2,1H3,(H,12,16)(H,17,18). The van der Waals surface area contributed by atoms with E-state index in [0.717, 1.165) is 0 Å². The molecule has 0 atom stereocenters. The summed E-state index contributed by atoms with van der Waals surface area (Å²) >= 11 is 0. The van der Waals surface area contributed by atoms with E-state index in [9.17, 15) is 9.59 Å². The molecule has 7 nitrogen and oxygen atoms in total. The maximum Gasteiger partial charge on any atom is 0.405 e. The van der Waals surface area contributed by atoms with Gasteiger partial charge in [0.05, 0.1) is 17.6 Å². The molecule has 0 saturated carbocycles. The number of carboxylic acid groups (broad SMARTS) is 1. The van der Waals surface area contributed by atoms with Crippen LogP contribution in [0.15, 0.2) is 24.3 Å². The molecule has 2 amide bonds. The predicted molar refractivity (Wildman–Crippen MR) is 64.5 cm³/mol. The van der Waals surface area contributed by atoms with Crippen LogP contribution in [0, 0.1) is 0 Å². The van der Waals surface area contributed by atoms with Crippen LogP contribution >= 0.6 is 0 Å². The van der Waals surface area contributed by atoms with Gasteiger partial charge in [-0.05, 0) is 12.1 Å². The highest BCUT2D eigenvalue weighted by atomic mass is 16.4. The number of hydrogen-bond donors (Lipinski definition) is 3. The lowest BCUT2D eigenvalue weighted by Gasteiger charge is -2.06. The molecule has 1 aromatic carbocycles. The molecule has 2 rings (SSSR count). The molecule has 0 saturated heterocycles. The Hall–Kier alpha value is -2.57. The Kier molecular flexibility index (Phi) is 3.13. The van der Waals surface area contributed by atoms with Crippen LogP contribution in [-0.4, -0.2) is 33.8 Å². The van der Waals surface area contributed by atoms with Crippen LogP contribution < -0.4 is 10.6 Å². The van der Waals surface area contributed by atoms with Crippen LogP contribution in [0.4, 0.5) is 9.59 Å². The van der Waals surface area contributed by atoms with Crippen molar-refractivity contribution in [2.45, 2.75) is 6.54 Å². The topological polar surface area (TPSA) is 96.2 Å². The first kappa shape index (κ1) is 11.9. The summed E-state index contributed by atoms with van der Waals surface area (Å²) in [6, 6.07) is 6.75. The molecule has 0 aliphatic carbocycles. The summed E-state index contributed by atoms with van der Waals surface area (Å²) in [6.45, 7) is -0.0303. The molecule has 0 fully saturated rings. The Balaban J connectivity index is 2.49. The Morgan fingerprint density at radius 3 is 2.78 bits per heavy atom. The van der Waals surface area contributed by atoms with E-state index in [2.05, 4.69) is 15.6 Å². The van der Waals surface area contributed by atoms with Gasteiger partial charge in [0.1, 0.15) is 5.82 Å². The van der Waals surface area contributed by atoms with Gasteiger partial charge < -0.3 is 15.7 Å². The maximum absolute atomic E-state index is 11.8. The molecule has 0 bridgehead atoms. The molecule has 2 aromatic rings. The second-order valence-corrected chi connectivity index (χ2v) is 3.57. The second-order valence-electron chi connectivity index (χ2n) is 3.57. The Bertz CT molecular complexity index is 605. The number of amides is 2. The summed E-state index contributed by atoms with van der Waals surface area (Å²) in [7, 11) is 1.51. The molecule has 3 N–H and O–H groups in total. The normalized spacial score (nSPS) is 10.3. The highest BCUT2D eigenvalue weighted by Crippen LogP contribution is 2.15. The van der Waals surface area contributed by atoms with E-state index in [0.29, 0.717) is 16.9 Å². The van der Waals surface area contributed by atoms with Crippen molar-refractivity contribution >= 4 is 23.2 Å². The van der Waals surface area contributed by atoms with E-state index < -0.39 is 6.09 Å². The lowest BCUT2D eigenvalue weighted by atomic mass is 10.3. The number of nitrogens with zero attached hydrogens (tertiary/aromatic N) is 2. The van der Waals surface area contributed by atoms with Crippen molar-refractivity contribution in [3.63, 3.8) is 0 Å². The zero-order valence-corrected chi connectivity index (χ0v) is 9.67. The van der Waals surface area contributed by atoms with E-state index in [1.807, 2.05) is 0 Å². The lowest BCUT2D eigenvalue weighted by molar-refractivity contribution is 0.193. The Morgan fingerprint density at radius 2 is 2.11 bits per heavy atom. The molecule has 1 heterocycles. The maximum atomic E-state index is 11.8. The molecule has 0 unspecified atom stereocenters. The van der Waals surface area contributed by atoms with Gasteiger partial charge in [0.2, 0.25) is 0 Å². The molecule has 0 spiro atoms. The summed E-state index contributed by atoms with van der Waals surface area (Å²) in [5, 5.41) is 13.3. The summed E-state index contributed by atoms with van der Waals surface area (Å²) in [5.74, 6) is 0.345. The van der Waals surface area contributed by atoms with Gasteiger partial charge in [-0.15, -0.1) is 0 Å². The first-order chi connectivity index (χ1) is 8.63. The number of carbonyl (C=O) groups excluding carboxylic acids is 1. The third-order valence-corrected chi connectivity index (χ3v) is 2.44. The number of aromatic nitrogens is 2. The molecule has 0 aliphatic heterocycles. The van der Waals surface area contributed by atoms with Crippen LogP contribution in [0.3, 0.4) is 0 Å².